The minimum atomic E-state index is -3.49. The molecule has 1 amide bonds. The average Bonchev–Trinajstić information content (AvgIpc) is 2.60. The van der Waals surface area contributed by atoms with Gasteiger partial charge in [0, 0.05) is 31.1 Å². The van der Waals surface area contributed by atoms with Crippen LogP contribution in [-0.4, -0.2) is 37.6 Å². The third-order valence-corrected chi connectivity index (χ3v) is 6.63. The molecule has 134 valence electrons. The fraction of sp³-hybridized carbons (Fsp3) is 0.588. The van der Waals surface area contributed by atoms with Crippen molar-refractivity contribution in [2.24, 2.45) is 0 Å². The smallest absolute Gasteiger partial charge is 0.243 e. The van der Waals surface area contributed by atoms with E-state index in [2.05, 4.69) is 5.32 Å². The van der Waals surface area contributed by atoms with Gasteiger partial charge in [0.2, 0.25) is 15.9 Å². The maximum Gasteiger partial charge on any atom is 0.243 e. The van der Waals surface area contributed by atoms with Crippen molar-refractivity contribution >= 4 is 33.2 Å². The quantitative estimate of drug-likeness (QED) is 0.743. The molecule has 0 aromatic heterocycles. The molecule has 5 nitrogen and oxygen atoms in total. The van der Waals surface area contributed by atoms with Crippen LogP contribution in [0.2, 0.25) is 0 Å². The standard InChI is InChI=1S/C17H25ClN2O3S/c1-20(15-6-3-2-4-7-15)24(22,23)16-11-9-14(10-12-16)19-17(21)8-5-13-18/h9-12,15H,2-8,13H2,1H3,(H,19,21). The molecule has 2 rings (SSSR count). The van der Waals surface area contributed by atoms with Crippen molar-refractivity contribution in [2.45, 2.75) is 55.9 Å². The average molecular weight is 373 g/mol. The second kappa shape index (κ2) is 8.83. The predicted molar refractivity (Wildman–Crippen MR) is 96.8 cm³/mol. The van der Waals surface area contributed by atoms with Gasteiger partial charge in [-0.25, -0.2) is 8.42 Å². The molecule has 1 aliphatic rings. The number of sulfonamides is 1. The molecule has 0 aliphatic heterocycles. The summed E-state index contributed by atoms with van der Waals surface area (Å²) in [6.07, 6.45) is 6.16. The van der Waals surface area contributed by atoms with Crippen molar-refractivity contribution < 1.29 is 13.2 Å². The highest BCUT2D eigenvalue weighted by Crippen LogP contribution is 2.27. The minimum Gasteiger partial charge on any atom is -0.326 e. The lowest BCUT2D eigenvalue weighted by molar-refractivity contribution is -0.116. The summed E-state index contributed by atoms with van der Waals surface area (Å²) in [6.45, 7) is 0. The lowest BCUT2D eigenvalue weighted by Crippen LogP contribution is -2.38. The van der Waals surface area contributed by atoms with E-state index >= 15 is 0 Å². The van der Waals surface area contributed by atoms with Gasteiger partial charge in [0.25, 0.3) is 0 Å². The summed E-state index contributed by atoms with van der Waals surface area (Å²) in [7, 11) is -1.83. The number of halogens is 1. The molecule has 0 bridgehead atoms. The Bertz CT molecular complexity index is 640. The molecule has 0 radical (unpaired) electrons. The van der Waals surface area contributed by atoms with Gasteiger partial charge in [0.1, 0.15) is 0 Å². The van der Waals surface area contributed by atoms with Gasteiger partial charge in [-0.05, 0) is 43.5 Å². The molecule has 1 saturated carbocycles. The number of anilines is 1. The van der Waals surface area contributed by atoms with Crippen molar-refractivity contribution in [3.8, 4) is 0 Å². The Hall–Kier alpha value is -1.11. The summed E-state index contributed by atoms with van der Waals surface area (Å²) in [5.74, 6) is 0.323. The summed E-state index contributed by atoms with van der Waals surface area (Å²) in [6, 6.07) is 6.43. The molecule has 1 aliphatic carbocycles. The van der Waals surface area contributed by atoms with Gasteiger partial charge in [-0.1, -0.05) is 19.3 Å². The van der Waals surface area contributed by atoms with Gasteiger partial charge >= 0.3 is 0 Å². The van der Waals surface area contributed by atoms with E-state index in [1.54, 1.807) is 31.3 Å². The normalized spacial score (nSPS) is 16.3. The Morgan fingerprint density at radius 3 is 2.42 bits per heavy atom. The van der Waals surface area contributed by atoms with Gasteiger partial charge < -0.3 is 5.32 Å². The molecule has 0 atom stereocenters. The van der Waals surface area contributed by atoms with Crippen LogP contribution in [0.3, 0.4) is 0 Å². The van der Waals surface area contributed by atoms with Crippen LogP contribution in [0.15, 0.2) is 29.2 Å². The summed E-state index contributed by atoms with van der Waals surface area (Å²) in [4.78, 5) is 11.9. The van der Waals surface area contributed by atoms with Gasteiger partial charge in [0.15, 0.2) is 0 Å². The Morgan fingerprint density at radius 1 is 1.21 bits per heavy atom. The minimum absolute atomic E-state index is 0.0821. The molecule has 1 aromatic rings. The number of amides is 1. The van der Waals surface area contributed by atoms with E-state index in [9.17, 15) is 13.2 Å². The van der Waals surface area contributed by atoms with E-state index in [0.29, 0.717) is 24.4 Å². The van der Waals surface area contributed by atoms with E-state index in [1.807, 2.05) is 0 Å². The monoisotopic (exact) mass is 372 g/mol. The van der Waals surface area contributed by atoms with E-state index in [4.69, 9.17) is 11.6 Å². The Labute approximate surface area is 149 Å². The molecule has 0 unspecified atom stereocenters. The SMILES string of the molecule is CN(C1CCCCC1)S(=O)(=O)c1ccc(NC(=O)CCCCl)cc1. The van der Waals surface area contributed by atoms with Crippen LogP contribution in [0, 0.1) is 0 Å². The molecular formula is C17H25ClN2O3S. The Balaban J connectivity index is 2.04. The van der Waals surface area contributed by atoms with Crippen molar-refractivity contribution in [1.29, 1.82) is 0 Å². The predicted octanol–water partition coefficient (Wildman–Crippen LogP) is 3.60. The van der Waals surface area contributed by atoms with E-state index < -0.39 is 10.0 Å². The summed E-state index contributed by atoms with van der Waals surface area (Å²) in [5, 5.41) is 2.74. The third kappa shape index (κ3) is 4.94. The first-order valence-corrected chi connectivity index (χ1v) is 10.4. The summed E-state index contributed by atoms with van der Waals surface area (Å²) >= 11 is 5.56. The van der Waals surface area contributed by atoms with E-state index in [0.717, 1.165) is 25.7 Å². The van der Waals surface area contributed by atoms with E-state index in [-0.39, 0.29) is 16.8 Å². The first kappa shape index (κ1) is 19.2. The van der Waals surface area contributed by atoms with Crippen LogP contribution in [0.1, 0.15) is 44.9 Å². The molecule has 0 spiro atoms. The van der Waals surface area contributed by atoms with Crippen LogP contribution < -0.4 is 5.32 Å². The maximum atomic E-state index is 12.7. The van der Waals surface area contributed by atoms with Crippen LogP contribution in [0.5, 0.6) is 0 Å². The number of alkyl halides is 1. The van der Waals surface area contributed by atoms with Crippen molar-refractivity contribution in [1.82, 2.24) is 4.31 Å². The van der Waals surface area contributed by atoms with Crippen molar-refractivity contribution in [2.75, 3.05) is 18.2 Å². The molecular weight excluding hydrogens is 348 g/mol. The highest BCUT2D eigenvalue weighted by molar-refractivity contribution is 7.89. The molecule has 0 saturated heterocycles. The molecule has 7 heteroatoms. The zero-order valence-electron chi connectivity index (χ0n) is 14.0. The molecule has 0 heterocycles. The number of carbonyl (C=O) groups is 1. The first-order valence-electron chi connectivity index (χ1n) is 8.39. The maximum absolute atomic E-state index is 12.7. The second-order valence-corrected chi connectivity index (χ2v) is 8.55. The van der Waals surface area contributed by atoms with Gasteiger partial charge in [-0.2, -0.15) is 4.31 Å². The summed E-state index contributed by atoms with van der Waals surface area (Å²) < 4.78 is 27.0. The lowest BCUT2D eigenvalue weighted by Gasteiger charge is -2.30. The number of rotatable bonds is 7. The van der Waals surface area contributed by atoms with Crippen LogP contribution in [-0.2, 0) is 14.8 Å². The van der Waals surface area contributed by atoms with Gasteiger partial charge in [-0.3, -0.25) is 4.79 Å². The second-order valence-electron chi connectivity index (χ2n) is 6.18. The molecule has 1 aromatic carbocycles. The highest BCUT2D eigenvalue weighted by Gasteiger charge is 2.28. The highest BCUT2D eigenvalue weighted by atomic mass is 35.5. The topological polar surface area (TPSA) is 66.5 Å². The van der Waals surface area contributed by atoms with Gasteiger partial charge in [0.05, 0.1) is 4.90 Å². The number of hydrogen-bond donors (Lipinski definition) is 1. The largest absolute Gasteiger partial charge is 0.326 e. The fourth-order valence-corrected chi connectivity index (χ4v) is 4.52. The zero-order valence-corrected chi connectivity index (χ0v) is 15.6. The first-order chi connectivity index (χ1) is 11.4. The lowest BCUT2D eigenvalue weighted by atomic mass is 9.96. The van der Waals surface area contributed by atoms with Crippen molar-refractivity contribution in [3.63, 3.8) is 0 Å². The van der Waals surface area contributed by atoms with Crippen LogP contribution >= 0.6 is 11.6 Å². The molecule has 1 fully saturated rings. The summed E-state index contributed by atoms with van der Waals surface area (Å²) in [5.41, 5.74) is 0.592. The number of benzene rings is 1. The van der Waals surface area contributed by atoms with Crippen molar-refractivity contribution in [3.05, 3.63) is 24.3 Å². The molecule has 24 heavy (non-hydrogen) atoms. The number of nitrogens with zero attached hydrogens (tertiary/aromatic N) is 1. The van der Waals surface area contributed by atoms with Crippen LogP contribution in [0.25, 0.3) is 0 Å². The Morgan fingerprint density at radius 2 is 1.83 bits per heavy atom. The van der Waals surface area contributed by atoms with Crippen LogP contribution in [0.4, 0.5) is 5.69 Å². The zero-order chi connectivity index (χ0) is 17.6. The van der Waals surface area contributed by atoms with E-state index in [1.165, 1.54) is 10.7 Å². The molecule has 1 N–H and O–H groups in total. The number of nitrogens with one attached hydrogen (secondary N) is 1. The number of carbonyl (C=O) groups excluding carboxylic acids is 1. The number of hydrogen-bond acceptors (Lipinski definition) is 3. The Kier molecular flexibility index (Phi) is 7.07. The fourth-order valence-electron chi connectivity index (χ4n) is 2.97. The van der Waals surface area contributed by atoms with Gasteiger partial charge in [-0.15, -0.1) is 11.6 Å². The third-order valence-electron chi connectivity index (χ3n) is 4.44.